The maximum absolute atomic E-state index is 9.09. The lowest BCUT2D eigenvalue weighted by molar-refractivity contribution is 0.506. The van der Waals surface area contributed by atoms with Crippen LogP contribution in [-0.4, -0.2) is 15.8 Å². The van der Waals surface area contributed by atoms with Crippen LogP contribution in [0.2, 0.25) is 0 Å². The average Bonchev–Trinajstić information content (AvgIpc) is 2.48. The van der Waals surface area contributed by atoms with Crippen LogP contribution in [0.3, 0.4) is 0 Å². The van der Waals surface area contributed by atoms with Crippen LogP contribution in [0.25, 0.3) is 0 Å². The summed E-state index contributed by atoms with van der Waals surface area (Å²) in [5.41, 5.74) is 1.44. The van der Waals surface area contributed by atoms with Crippen LogP contribution in [0, 0.1) is 24.2 Å². The van der Waals surface area contributed by atoms with Gasteiger partial charge in [0.2, 0.25) is 0 Å². The number of hydrogen-bond acceptors (Lipinski definition) is 3. The first kappa shape index (κ1) is 12.6. The summed E-state index contributed by atoms with van der Waals surface area (Å²) in [6, 6.07) is 2.58. The second-order valence-corrected chi connectivity index (χ2v) is 4.45. The second-order valence-electron chi connectivity index (χ2n) is 4.45. The van der Waals surface area contributed by atoms with Gasteiger partial charge in [-0.25, -0.2) is 0 Å². The summed E-state index contributed by atoms with van der Waals surface area (Å²) in [5.74, 6) is 1.37. The summed E-state index contributed by atoms with van der Waals surface area (Å²) in [4.78, 5) is 0. The van der Waals surface area contributed by atoms with Crippen molar-refractivity contribution in [1.29, 1.82) is 5.26 Å². The Labute approximate surface area is 97.3 Å². The Morgan fingerprint density at radius 2 is 2.12 bits per heavy atom. The minimum atomic E-state index is 0.377. The lowest BCUT2D eigenvalue weighted by Gasteiger charge is -2.21. The Bertz CT molecular complexity index is 398. The van der Waals surface area contributed by atoms with E-state index in [4.69, 9.17) is 5.26 Å². The van der Waals surface area contributed by atoms with E-state index in [1.54, 1.807) is 4.68 Å². The van der Waals surface area contributed by atoms with E-state index in [2.05, 4.69) is 37.3 Å². The van der Waals surface area contributed by atoms with Crippen LogP contribution < -0.4 is 5.32 Å². The van der Waals surface area contributed by atoms with Crippen LogP contribution >= 0.6 is 0 Å². The second kappa shape index (κ2) is 5.02. The molecule has 4 nitrogen and oxygen atoms in total. The van der Waals surface area contributed by atoms with Gasteiger partial charge in [0.05, 0.1) is 5.69 Å². The number of anilines is 1. The molecule has 0 saturated carbocycles. The van der Waals surface area contributed by atoms with Crippen LogP contribution in [0.5, 0.6) is 0 Å². The van der Waals surface area contributed by atoms with Gasteiger partial charge in [-0.15, -0.1) is 0 Å². The number of nitrogens with one attached hydrogen (secondary N) is 1. The van der Waals surface area contributed by atoms with E-state index in [1.165, 1.54) is 0 Å². The van der Waals surface area contributed by atoms with E-state index in [0.717, 1.165) is 17.9 Å². The van der Waals surface area contributed by atoms with Gasteiger partial charge in [-0.05, 0) is 19.3 Å². The van der Waals surface area contributed by atoms with Gasteiger partial charge in [-0.1, -0.05) is 20.8 Å². The summed E-state index contributed by atoms with van der Waals surface area (Å²) >= 11 is 0. The minimum absolute atomic E-state index is 0.377. The molecule has 0 aliphatic rings. The van der Waals surface area contributed by atoms with Gasteiger partial charge in [0.15, 0.2) is 0 Å². The summed E-state index contributed by atoms with van der Waals surface area (Å²) in [6.45, 7) is 8.36. The van der Waals surface area contributed by atoms with Crippen molar-refractivity contribution in [3.05, 3.63) is 11.3 Å². The zero-order chi connectivity index (χ0) is 12.3. The third-order valence-electron chi connectivity index (χ3n) is 2.90. The van der Waals surface area contributed by atoms with E-state index >= 15 is 0 Å². The number of aromatic nitrogens is 2. The molecule has 0 fully saturated rings. The molecule has 0 spiro atoms. The van der Waals surface area contributed by atoms with Crippen LogP contribution in [0.1, 0.15) is 38.4 Å². The maximum Gasteiger partial charge on any atom is 0.142 e. The first-order valence-electron chi connectivity index (χ1n) is 5.71. The van der Waals surface area contributed by atoms with E-state index < -0.39 is 0 Å². The van der Waals surface area contributed by atoms with E-state index in [9.17, 15) is 0 Å². The predicted octanol–water partition coefficient (Wildman–Crippen LogP) is 2.45. The smallest absolute Gasteiger partial charge is 0.142 e. The predicted molar refractivity (Wildman–Crippen MR) is 65.2 cm³/mol. The zero-order valence-corrected chi connectivity index (χ0v) is 10.7. The maximum atomic E-state index is 9.09. The molecule has 0 aliphatic carbocycles. The molecule has 88 valence electrons. The topological polar surface area (TPSA) is 53.6 Å². The lowest BCUT2D eigenvalue weighted by atomic mass is 10.0. The molecule has 1 rings (SSSR count). The number of hydrogen-bond donors (Lipinski definition) is 1. The molecular formula is C12H20N4. The van der Waals surface area contributed by atoms with Crippen molar-refractivity contribution >= 4 is 5.82 Å². The van der Waals surface area contributed by atoms with E-state index in [0.29, 0.717) is 17.5 Å². The van der Waals surface area contributed by atoms with Gasteiger partial charge in [-0.2, -0.15) is 10.4 Å². The Morgan fingerprint density at radius 3 is 2.56 bits per heavy atom. The summed E-state index contributed by atoms with van der Waals surface area (Å²) < 4.78 is 1.75. The number of nitrogens with zero attached hydrogens (tertiary/aromatic N) is 3. The molecule has 0 bridgehead atoms. The van der Waals surface area contributed by atoms with Gasteiger partial charge < -0.3 is 5.32 Å². The molecule has 0 aliphatic heterocycles. The standard InChI is InChI=1S/C12H20N4/c1-6-11(8(2)3)14-12-10(7-13)9(4)15-16(12)5/h8,11,14H,6H2,1-5H3. The average molecular weight is 220 g/mol. The SMILES string of the molecule is CCC(Nc1c(C#N)c(C)nn1C)C(C)C. The Balaban J connectivity index is 3.01. The first-order chi connectivity index (χ1) is 7.51. The molecule has 1 aromatic heterocycles. The third kappa shape index (κ3) is 2.35. The third-order valence-corrected chi connectivity index (χ3v) is 2.90. The molecule has 1 aromatic rings. The summed E-state index contributed by atoms with van der Waals surface area (Å²) in [6.07, 6.45) is 1.03. The van der Waals surface area contributed by atoms with Crippen molar-refractivity contribution in [2.75, 3.05) is 5.32 Å². The monoisotopic (exact) mass is 220 g/mol. The molecule has 16 heavy (non-hydrogen) atoms. The molecule has 0 amide bonds. The number of rotatable bonds is 4. The van der Waals surface area contributed by atoms with E-state index in [-0.39, 0.29) is 0 Å². The molecule has 0 aromatic carbocycles. The highest BCUT2D eigenvalue weighted by Crippen LogP contribution is 2.21. The van der Waals surface area contributed by atoms with Crippen LogP contribution in [-0.2, 0) is 7.05 Å². The van der Waals surface area contributed by atoms with Crippen molar-refractivity contribution < 1.29 is 0 Å². The van der Waals surface area contributed by atoms with Gasteiger partial charge in [0.1, 0.15) is 17.5 Å². The molecule has 1 unspecified atom stereocenters. The Morgan fingerprint density at radius 1 is 1.50 bits per heavy atom. The zero-order valence-electron chi connectivity index (χ0n) is 10.7. The van der Waals surface area contributed by atoms with Crippen molar-refractivity contribution in [2.24, 2.45) is 13.0 Å². The fourth-order valence-electron chi connectivity index (χ4n) is 1.87. The molecule has 0 saturated heterocycles. The van der Waals surface area contributed by atoms with Crippen molar-refractivity contribution in [3.63, 3.8) is 0 Å². The fraction of sp³-hybridized carbons (Fsp3) is 0.667. The largest absolute Gasteiger partial charge is 0.366 e. The van der Waals surface area contributed by atoms with Gasteiger partial charge in [0.25, 0.3) is 0 Å². The van der Waals surface area contributed by atoms with Crippen molar-refractivity contribution in [3.8, 4) is 6.07 Å². The molecule has 1 N–H and O–H groups in total. The van der Waals surface area contributed by atoms with Gasteiger partial charge >= 0.3 is 0 Å². The lowest BCUT2D eigenvalue weighted by Crippen LogP contribution is -2.26. The molecular weight excluding hydrogens is 200 g/mol. The van der Waals surface area contributed by atoms with Crippen LogP contribution in [0.4, 0.5) is 5.82 Å². The fourth-order valence-corrected chi connectivity index (χ4v) is 1.87. The molecule has 1 heterocycles. The molecule has 0 radical (unpaired) electrons. The van der Waals surface area contributed by atoms with Crippen molar-refractivity contribution in [1.82, 2.24) is 9.78 Å². The van der Waals surface area contributed by atoms with E-state index in [1.807, 2.05) is 14.0 Å². The van der Waals surface area contributed by atoms with Crippen LogP contribution in [0.15, 0.2) is 0 Å². The van der Waals surface area contributed by atoms with Crippen molar-refractivity contribution in [2.45, 2.75) is 40.2 Å². The quantitative estimate of drug-likeness (QED) is 0.848. The molecule has 1 atom stereocenters. The van der Waals surface area contributed by atoms with Gasteiger partial charge in [-0.3, -0.25) is 4.68 Å². The number of nitriles is 1. The van der Waals surface area contributed by atoms with Gasteiger partial charge in [0, 0.05) is 13.1 Å². The Kier molecular flexibility index (Phi) is 3.94. The highest BCUT2D eigenvalue weighted by atomic mass is 15.3. The molecule has 4 heteroatoms. The highest BCUT2D eigenvalue weighted by Gasteiger charge is 2.17. The normalized spacial score (nSPS) is 12.6. The minimum Gasteiger partial charge on any atom is -0.366 e. The summed E-state index contributed by atoms with van der Waals surface area (Å²) in [7, 11) is 1.86. The highest BCUT2D eigenvalue weighted by molar-refractivity contribution is 5.55. The Hall–Kier alpha value is -1.50. The first-order valence-corrected chi connectivity index (χ1v) is 5.71. The number of aryl methyl sites for hydroxylation is 2. The summed E-state index contributed by atoms with van der Waals surface area (Å²) in [5, 5.41) is 16.8.